The van der Waals surface area contributed by atoms with Gasteiger partial charge in [-0.05, 0) is 18.4 Å². The maximum Gasteiger partial charge on any atom is 0.218 e. The first-order valence-electron chi connectivity index (χ1n) is 6.23. The Morgan fingerprint density at radius 1 is 1.22 bits per heavy atom. The molecule has 0 aromatic heterocycles. The van der Waals surface area contributed by atoms with Crippen molar-refractivity contribution in [2.45, 2.75) is 31.1 Å². The normalized spacial score (nSPS) is 21.9. The van der Waals surface area contributed by atoms with Crippen LogP contribution in [0.3, 0.4) is 0 Å². The molecule has 1 aromatic carbocycles. The zero-order valence-corrected chi connectivity index (χ0v) is 12.7. The van der Waals surface area contributed by atoms with Crippen molar-refractivity contribution in [3.63, 3.8) is 0 Å². The highest BCUT2D eigenvalue weighted by molar-refractivity contribution is 9.09. The number of rotatable bonds is 4. The maximum absolute atomic E-state index is 12.4. The summed E-state index contributed by atoms with van der Waals surface area (Å²) in [6, 6.07) is 9.51. The fourth-order valence-electron chi connectivity index (χ4n) is 2.36. The molecule has 0 bridgehead atoms. The standard InChI is InChI=1S/C13H18BrNO2S/c14-10-13-8-4-5-9-15(13)18(16,17)11-12-6-2-1-3-7-12/h1-3,6-7,13H,4-5,8-11H2. The van der Waals surface area contributed by atoms with E-state index >= 15 is 0 Å². The molecule has 1 aliphatic heterocycles. The summed E-state index contributed by atoms with van der Waals surface area (Å²) in [6.07, 6.45) is 3.05. The van der Waals surface area contributed by atoms with Gasteiger partial charge in [-0.1, -0.05) is 52.7 Å². The average Bonchev–Trinajstić information content (AvgIpc) is 2.39. The van der Waals surface area contributed by atoms with Gasteiger partial charge in [0.25, 0.3) is 0 Å². The monoisotopic (exact) mass is 331 g/mol. The van der Waals surface area contributed by atoms with Crippen LogP contribution in [-0.4, -0.2) is 30.6 Å². The summed E-state index contributed by atoms with van der Waals surface area (Å²) in [5, 5.41) is 0.723. The van der Waals surface area contributed by atoms with Gasteiger partial charge in [0.2, 0.25) is 10.0 Å². The molecule has 100 valence electrons. The Morgan fingerprint density at radius 3 is 2.61 bits per heavy atom. The zero-order valence-electron chi connectivity index (χ0n) is 10.3. The molecular weight excluding hydrogens is 314 g/mol. The van der Waals surface area contributed by atoms with E-state index in [1.165, 1.54) is 0 Å². The average molecular weight is 332 g/mol. The number of alkyl halides is 1. The highest BCUT2D eigenvalue weighted by atomic mass is 79.9. The molecule has 18 heavy (non-hydrogen) atoms. The van der Waals surface area contributed by atoms with Crippen LogP contribution in [0.1, 0.15) is 24.8 Å². The van der Waals surface area contributed by atoms with Crippen molar-refractivity contribution < 1.29 is 8.42 Å². The first-order valence-corrected chi connectivity index (χ1v) is 8.96. The minimum absolute atomic E-state index is 0.108. The molecule has 1 aromatic rings. The van der Waals surface area contributed by atoms with E-state index in [0.29, 0.717) is 6.54 Å². The number of benzene rings is 1. The Hall–Kier alpha value is -0.390. The molecule has 1 fully saturated rings. The fourth-order valence-corrected chi connectivity index (χ4v) is 5.05. The van der Waals surface area contributed by atoms with Crippen molar-refractivity contribution >= 4 is 26.0 Å². The summed E-state index contributed by atoms with van der Waals surface area (Å²) >= 11 is 3.42. The van der Waals surface area contributed by atoms with Crippen molar-refractivity contribution in [2.24, 2.45) is 0 Å². The molecule has 0 aliphatic carbocycles. The molecule has 0 saturated carbocycles. The van der Waals surface area contributed by atoms with Crippen molar-refractivity contribution in [3.8, 4) is 0 Å². The van der Waals surface area contributed by atoms with Gasteiger partial charge in [0.15, 0.2) is 0 Å². The largest absolute Gasteiger partial charge is 0.218 e. The fraction of sp³-hybridized carbons (Fsp3) is 0.538. The van der Waals surface area contributed by atoms with E-state index < -0.39 is 10.0 Å². The highest BCUT2D eigenvalue weighted by Crippen LogP contribution is 2.23. The van der Waals surface area contributed by atoms with Gasteiger partial charge in [-0.3, -0.25) is 0 Å². The van der Waals surface area contributed by atoms with Crippen molar-refractivity contribution in [1.82, 2.24) is 4.31 Å². The molecule has 1 heterocycles. The van der Waals surface area contributed by atoms with Gasteiger partial charge in [0, 0.05) is 17.9 Å². The summed E-state index contributed by atoms with van der Waals surface area (Å²) < 4.78 is 26.5. The van der Waals surface area contributed by atoms with Crippen LogP contribution in [0.4, 0.5) is 0 Å². The third-order valence-electron chi connectivity index (χ3n) is 3.30. The van der Waals surface area contributed by atoms with Crippen LogP contribution in [0, 0.1) is 0 Å². The van der Waals surface area contributed by atoms with Gasteiger partial charge in [-0.2, -0.15) is 4.31 Å². The lowest BCUT2D eigenvalue weighted by molar-refractivity contribution is 0.273. The maximum atomic E-state index is 12.4. The van der Waals surface area contributed by atoms with E-state index in [0.717, 1.165) is 30.2 Å². The summed E-state index contributed by atoms with van der Waals surface area (Å²) in [5.74, 6) is 0.108. The lowest BCUT2D eigenvalue weighted by atomic mass is 10.1. The first kappa shape index (κ1) is 14.0. The highest BCUT2D eigenvalue weighted by Gasteiger charge is 2.31. The van der Waals surface area contributed by atoms with Gasteiger partial charge in [-0.25, -0.2) is 8.42 Å². The smallest absolute Gasteiger partial charge is 0.212 e. The van der Waals surface area contributed by atoms with Crippen LogP contribution < -0.4 is 0 Å². The van der Waals surface area contributed by atoms with Gasteiger partial charge in [0.05, 0.1) is 5.75 Å². The molecule has 1 saturated heterocycles. The van der Waals surface area contributed by atoms with Crippen molar-refractivity contribution in [3.05, 3.63) is 35.9 Å². The molecule has 0 N–H and O–H groups in total. The molecule has 3 nitrogen and oxygen atoms in total. The second kappa shape index (κ2) is 6.17. The molecule has 2 rings (SSSR count). The number of sulfonamides is 1. The number of hydrogen-bond donors (Lipinski definition) is 0. The lowest BCUT2D eigenvalue weighted by Crippen LogP contribution is -2.45. The van der Waals surface area contributed by atoms with E-state index in [2.05, 4.69) is 15.9 Å². The summed E-state index contributed by atoms with van der Waals surface area (Å²) in [4.78, 5) is 0. The third-order valence-corrected chi connectivity index (χ3v) is 5.94. The Labute approximate surface area is 117 Å². The SMILES string of the molecule is O=S(=O)(Cc1ccccc1)N1CCCCC1CBr. The van der Waals surface area contributed by atoms with E-state index in [1.807, 2.05) is 30.3 Å². The predicted molar refractivity (Wildman–Crippen MR) is 77.2 cm³/mol. The van der Waals surface area contributed by atoms with Gasteiger partial charge >= 0.3 is 0 Å². The number of nitrogens with zero attached hydrogens (tertiary/aromatic N) is 1. The van der Waals surface area contributed by atoms with Crippen LogP contribution in [0.25, 0.3) is 0 Å². The van der Waals surface area contributed by atoms with Gasteiger partial charge < -0.3 is 0 Å². The summed E-state index contributed by atoms with van der Waals surface area (Å²) in [7, 11) is -3.19. The van der Waals surface area contributed by atoms with Gasteiger partial charge in [0.1, 0.15) is 0 Å². The van der Waals surface area contributed by atoms with Crippen molar-refractivity contribution in [2.75, 3.05) is 11.9 Å². The van der Waals surface area contributed by atoms with E-state index in [1.54, 1.807) is 4.31 Å². The molecule has 1 atom stereocenters. The third kappa shape index (κ3) is 3.33. The Balaban J connectivity index is 2.14. The molecule has 0 amide bonds. The minimum atomic E-state index is -3.19. The topological polar surface area (TPSA) is 37.4 Å². The van der Waals surface area contributed by atoms with Crippen LogP contribution in [0.15, 0.2) is 30.3 Å². The summed E-state index contributed by atoms with van der Waals surface area (Å²) in [5.41, 5.74) is 0.858. The molecule has 1 aliphatic rings. The van der Waals surface area contributed by atoms with E-state index in [-0.39, 0.29) is 11.8 Å². The summed E-state index contributed by atoms with van der Waals surface area (Å²) in [6.45, 7) is 0.658. The minimum Gasteiger partial charge on any atom is -0.212 e. The van der Waals surface area contributed by atoms with Crippen LogP contribution in [0.5, 0.6) is 0 Å². The number of hydrogen-bond acceptors (Lipinski definition) is 2. The zero-order chi connectivity index (χ0) is 13.0. The number of piperidine rings is 1. The Morgan fingerprint density at radius 2 is 1.94 bits per heavy atom. The van der Waals surface area contributed by atoms with Crippen LogP contribution >= 0.6 is 15.9 Å². The quantitative estimate of drug-likeness (QED) is 0.795. The van der Waals surface area contributed by atoms with Crippen LogP contribution in [-0.2, 0) is 15.8 Å². The molecule has 0 spiro atoms. The second-order valence-electron chi connectivity index (χ2n) is 4.66. The Bertz CT molecular complexity index is 475. The molecule has 5 heteroatoms. The first-order chi connectivity index (χ1) is 8.63. The molecular formula is C13H18BrNO2S. The lowest BCUT2D eigenvalue weighted by Gasteiger charge is -2.33. The predicted octanol–water partition coefficient (Wildman–Crippen LogP) is 2.77. The van der Waals surface area contributed by atoms with Crippen molar-refractivity contribution in [1.29, 1.82) is 0 Å². The van der Waals surface area contributed by atoms with Crippen LogP contribution in [0.2, 0.25) is 0 Å². The molecule has 1 unspecified atom stereocenters. The van der Waals surface area contributed by atoms with E-state index in [4.69, 9.17) is 0 Å². The second-order valence-corrected chi connectivity index (χ2v) is 7.23. The van der Waals surface area contributed by atoms with E-state index in [9.17, 15) is 8.42 Å². The van der Waals surface area contributed by atoms with Gasteiger partial charge in [-0.15, -0.1) is 0 Å². The Kier molecular flexibility index (Phi) is 4.81. The number of halogens is 1. The molecule has 0 radical (unpaired) electrons.